The number of nitrogens with zero attached hydrogens (tertiary/aromatic N) is 2. The normalized spacial score (nSPS) is 15.8. The average molecular weight is 368 g/mol. The van der Waals surface area contributed by atoms with E-state index >= 15 is 0 Å². The molecule has 0 bridgehead atoms. The summed E-state index contributed by atoms with van der Waals surface area (Å²) >= 11 is 0. The Kier molecular flexibility index (Phi) is 5.11. The van der Waals surface area contributed by atoms with Gasteiger partial charge in [0.2, 0.25) is 0 Å². The van der Waals surface area contributed by atoms with E-state index in [0.717, 1.165) is 6.20 Å². The Labute approximate surface area is 147 Å². The molecule has 4 nitrogen and oxygen atoms in total. The van der Waals surface area contributed by atoms with Gasteiger partial charge in [-0.25, -0.2) is 9.37 Å². The molecule has 1 aliphatic heterocycles. The van der Waals surface area contributed by atoms with Gasteiger partial charge in [-0.3, -0.25) is 4.79 Å². The molecule has 0 aliphatic carbocycles. The van der Waals surface area contributed by atoms with Gasteiger partial charge in [-0.05, 0) is 49.2 Å². The molecule has 1 aliphatic rings. The molecule has 0 saturated carbocycles. The maximum atomic E-state index is 13.0. The van der Waals surface area contributed by atoms with E-state index in [4.69, 9.17) is 0 Å². The monoisotopic (exact) mass is 368 g/mol. The zero-order valence-corrected chi connectivity index (χ0v) is 13.7. The Balaban J connectivity index is 1.58. The number of carbonyl (C=O) groups is 1. The zero-order chi connectivity index (χ0) is 18.7. The van der Waals surface area contributed by atoms with Crippen molar-refractivity contribution in [3.63, 3.8) is 0 Å². The van der Waals surface area contributed by atoms with Gasteiger partial charge in [-0.2, -0.15) is 0 Å². The number of carbonyl (C=O) groups excluding carboxylic acids is 1. The minimum Gasteiger partial charge on any atom is -0.404 e. The van der Waals surface area contributed by atoms with Gasteiger partial charge in [0.25, 0.3) is 0 Å². The number of pyridine rings is 1. The minimum absolute atomic E-state index is 0.0217. The lowest BCUT2D eigenvalue weighted by Crippen LogP contribution is -2.36. The van der Waals surface area contributed by atoms with Gasteiger partial charge in [0.15, 0.2) is 5.78 Å². The number of benzene rings is 1. The van der Waals surface area contributed by atoms with Gasteiger partial charge >= 0.3 is 6.36 Å². The maximum Gasteiger partial charge on any atom is 0.573 e. The number of rotatable bonds is 4. The molecule has 0 N–H and O–H groups in total. The van der Waals surface area contributed by atoms with Crippen LogP contribution < -0.4 is 9.64 Å². The molecule has 0 amide bonds. The molecule has 26 heavy (non-hydrogen) atoms. The third-order valence-electron chi connectivity index (χ3n) is 4.27. The Morgan fingerprint density at radius 1 is 1.08 bits per heavy atom. The van der Waals surface area contributed by atoms with Gasteiger partial charge in [0.05, 0.1) is 6.20 Å². The molecule has 3 rings (SSSR count). The van der Waals surface area contributed by atoms with E-state index in [1.54, 1.807) is 0 Å². The predicted molar refractivity (Wildman–Crippen MR) is 86.6 cm³/mol. The third kappa shape index (κ3) is 4.50. The number of alkyl halides is 3. The highest BCUT2D eigenvalue weighted by Crippen LogP contribution is 2.27. The van der Waals surface area contributed by atoms with Crippen molar-refractivity contribution in [3.8, 4) is 5.75 Å². The first-order valence-electron chi connectivity index (χ1n) is 8.08. The number of Topliss-reactive ketones (excluding diaryl/α,β-unsaturated/α-hetero) is 1. The molecule has 1 saturated heterocycles. The van der Waals surface area contributed by atoms with Gasteiger partial charge < -0.3 is 9.64 Å². The second-order valence-electron chi connectivity index (χ2n) is 6.03. The fourth-order valence-corrected chi connectivity index (χ4v) is 2.97. The van der Waals surface area contributed by atoms with Crippen LogP contribution in [-0.4, -0.2) is 30.2 Å². The van der Waals surface area contributed by atoms with E-state index in [1.165, 1.54) is 36.4 Å². The topological polar surface area (TPSA) is 42.4 Å². The number of hydrogen-bond donors (Lipinski definition) is 0. The lowest BCUT2D eigenvalue weighted by Gasteiger charge is -2.32. The molecule has 2 heterocycles. The van der Waals surface area contributed by atoms with Crippen molar-refractivity contribution in [3.05, 3.63) is 54.0 Å². The lowest BCUT2D eigenvalue weighted by atomic mass is 9.89. The van der Waals surface area contributed by atoms with Crippen LogP contribution in [0.25, 0.3) is 0 Å². The number of ether oxygens (including phenoxy) is 1. The highest BCUT2D eigenvalue weighted by atomic mass is 19.4. The third-order valence-corrected chi connectivity index (χ3v) is 4.27. The van der Waals surface area contributed by atoms with Crippen molar-refractivity contribution in [2.75, 3.05) is 18.0 Å². The molecule has 2 aromatic rings. The fraction of sp³-hybridized carbons (Fsp3) is 0.333. The van der Waals surface area contributed by atoms with Crippen molar-refractivity contribution in [1.29, 1.82) is 0 Å². The van der Waals surface area contributed by atoms with E-state index in [2.05, 4.69) is 9.72 Å². The van der Waals surface area contributed by atoms with E-state index < -0.39 is 6.36 Å². The molecule has 0 atom stereocenters. The molecule has 0 unspecified atom stereocenters. The quantitative estimate of drug-likeness (QED) is 0.599. The van der Waals surface area contributed by atoms with E-state index in [9.17, 15) is 22.4 Å². The van der Waals surface area contributed by atoms with Crippen LogP contribution in [0.2, 0.25) is 0 Å². The van der Waals surface area contributed by atoms with Crippen molar-refractivity contribution in [1.82, 2.24) is 4.98 Å². The Morgan fingerprint density at radius 3 is 2.27 bits per heavy atom. The first-order chi connectivity index (χ1) is 12.3. The van der Waals surface area contributed by atoms with E-state index in [0.29, 0.717) is 37.3 Å². The number of halogens is 4. The number of hydrogen-bond acceptors (Lipinski definition) is 4. The van der Waals surface area contributed by atoms with Crippen LogP contribution in [0, 0.1) is 11.7 Å². The molecular formula is C18H16F4N2O2. The van der Waals surface area contributed by atoms with Crippen LogP contribution >= 0.6 is 0 Å². The van der Waals surface area contributed by atoms with Crippen molar-refractivity contribution in [2.45, 2.75) is 19.2 Å². The standard InChI is InChI=1S/C18H16F4N2O2/c19-14-3-1-12(2-4-14)17(25)13-7-9-24(10-8-13)16-6-5-15(11-23-16)26-18(20,21)22/h1-6,11,13H,7-10H2. The second-order valence-corrected chi connectivity index (χ2v) is 6.03. The summed E-state index contributed by atoms with van der Waals surface area (Å²) in [4.78, 5) is 18.4. The summed E-state index contributed by atoms with van der Waals surface area (Å²) in [6.45, 7) is 1.12. The van der Waals surface area contributed by atoms with E-state index in [1.807, 2.05) is 4.90 Å². The molecule has 0 radical (unpaired) electrons. The van der Waals surface area contributed by atoms with E-state index in [-0.39, 0.29) is 23.3 Å². The summed E-state index contributed by atoms with van der Waals surface area (Å²) in [6, 6.07) is 8.15. The average Bonchev–Trinajstić information content (AvgIpc) is 2.61. The number of ketones is 1. The summed E-state index contributed by atoms with van der Waals surface area (Å²) in [5, 5.41) is 0. The molecular weight excluding hydrogens is 352 g/mol. The minimum atomic E-state index is -4.75. The highest BCUT2D eigenvalue weighted by Gasteiger charge is 2.31. The van der Waals surface area contributed by atoms with Crippen LogP contribution in [0.4, 0.5) is 23.4 Å². The van der Waals surface area contributed by atoms with Gasteiger partial charge in [-0.15, -0.1) is 13.2 Å². The van der Waals surface area contributed by atoms with Crippen molar-refractivity contribution >= 4 is 11.6 Å². The van der Waals surface area contributed by atoms with Gasteiger partial charge in [0, 0.05) is 24.6 Å². The molecule has 8 heteroatoms. The van der Waals surface area contributed by atoms with Crippen LogP contribution in [-0.2, 0) is 0 Å². The Morgan fingerprint density at radius 2 is 1.73 bits per heavy atom. The Bertz CT molecular complexity index is 752. The highest BCUT2D eigenvalue weighted by molar-refractivity contribution is 5.97. The molecule has 1 aromatic carbocycles. The number of aromatic nitrogens is 1. The molecule has 0 spiro atoms. The van der Waals surface area contributed by atoms with Gasteiger partial charge in [0.1, 0.15) is 17.4 Å². The summed E-state index contributed by atoms with van der Waals surface area (Å²) in [5.41, 5.74) is 0.483. The zero-order valence-electron chi connectivity index (χ0n) is 13.7. The van der Waals surface area contributed by atoms with Crippen LogP contribution in [0.3, 0.4) is 0 Å². The van der Waals surface area contributed by atoms with Gasteiger partial charge in [-0.1, -0.05) is 0 Å². The maximum absolute atomic E-state index is 13.0. The first kappa shape index (κ1) is 18.2. The summed E-state index contributed by atoms with van der Waals surface area (Å²) in [7, 11) is 0. The largest absolute Gasteiger partial charge is 0.573 e. The Hall–Kier alpha value is -2.64. The predicted octanol–water partition coefficient (Wildman–Crippen LogP) is 4.22. The SMILES string of the molecule is O=C(c1ccc(F)cc1)C1CCN(c2ccc(OC(F)(F)F)cn2)CC1. The molecule has 1 aromatic heterocycles. The van der Waals surface area contributed by atoms with Crippen molar-refractivity contribution < 1.29 is 27.1 Å². The summed E-state index contributed by atoms with van der Waals surface area (Å²) in [5.74, 6) is -0.411. The fourth-order valence-electron chi connectivity index (χ4n) is 2.97. The summed E-state index contributed by atoms with van der Waals surface area (Å²) < 4.78 is 53.2. The summed E-state index contributed by atoms with van der Waals surface area (Å²) in [6.07, 6.45) is -2.53. The molecule has 138 valence electrons. The number of piperidine rings is 1. The van der Waals surface area contributed by atoms with Crippen molar-refractivity contribution in [2.24, 2.45) is 5.92 Å². The smallest absolute Gasteiger partial charge is 0.404 e. The lowest BCUT2D eigenvalue weighted by molar-refractivity contribution is -0.274. The molecule has 1 fully saturated rings. The number of anilines is 1. The second kappa shape index (κ2) is 7.31. The van der Waals surface area contributed by atoms with Crippen LogP contribution in [0.5, 0.6) is 5.75 Å². The first-order valence-corrected chi connectivity index (χ1v) is 8.08. The van der Waals surface area contributed by atoms with Crippen LogP contribution in [0.15, 0.2) is 42.6 Å². The van der Waals surface area contributed by atoms with Crippen LogP contribution in [0.1, 0.15) is 23.2 Å².